The van der Waals surface area contributed by atoms with E-state index in [9.17, 15) is 26.3 Å². The molecule has 3 N–H and O–H groups in total. The van der Waals surface area contributed by atoms with Gasteiger partial charge in [0.2, 0.25) is 5.88 Å². The molecule has 0 bridgehead atoms. The molecule has 102 valence electrons. The number of anilines is 1. The second-order valence-electron chi connectivity index (χ2n) is 2.97. The van der Waals surface area contributed by atoms with Crippen molar-refractivity contribution in [3.8, 4) is 5.88 Å². The van der Waals surface area contributed by atoms with Gasteiger partial charge in [-0.05, 0) is 0 Å². The summed E-state index contributed by atoms with van der Waals surface area (Å²) in [6, 6.07) is 0. The Morgan fingerprint density at radius 1 is 1.11 bits per heavy atom. The van der Waals surface area contributed by atoms with Crippen molar-refractivity contribution in [1.29, 1.82) is 0 Å². The van der Waals surface area contributed by atoms with Gasteiger partial charge in [0.1, 0.15) is 0 Å². The number of nitrogens with one attached hydrogen (secondary N) is 1. The number of hydrogen-bond donors (Lipinski definition) is 2. The Bertz CT molecular complexity index is 392. The van der Waals surface area contributed by atoms with Crippen LogP contribution >= 0.6 is 0 Å². The lowest BCUT2D eigenvalue weighted by Crippen LogP contribution is -2.46. The summed E-state index contributed by atoms with van der Waals surface area (Å²) >= 11 is 0. The lowest BCUT2D eigenvalue weighted by atomic mass is 10.3. The van der Waals surface area contributed by atoms with Crippen molar-refractivity contribution in [3.63, 3.8) is 0 Å². The molecule has 0 saturated heterocycles. The number of alkyl halides is 6. The Labute approximate surface area is 95.9 Å². The number of nitrogens with two attached hydrogens (primary N) is 1. The van der Waals surface area contributed by atoms with Crippen molar-refractivity contribution in [1.82, 2.24) is 9.97 Å². The molecule has 11 heteroatoms. The average molecular weight is 276 g/mol. The van der Waals surface area contributed by atoms with E-state index in [-0.39, 0.29) is 5.82 Å². The van der Waals surface area contributed by atoms with Crippen LogP contribution in [0.3, 0.4) is 0 Å². The van der Waals surface area contributed by atoms with E-state index in [1.807, 2.05) is 5.43 Å². The van der Waals surface area contributed by atoms with Gasteiger partial charge in [-0.3, -0.25) is 4.98 Å². The molecule has 0 fully saturated rings. The molecule has 5 nitrogen and oxygen atoms in total. The Balaban J connectivity index is 2.97. The maximum Gasteiger partial charge on any atom is 0.434 e. The van der Waals surface area contributed by atoms with Crippen molar-refractivity contribution in [2.24, 2.45) is 5.84 Å². The first-order valence-corrected chi connectivity index (χ1v) is 4.23. The molecule has 0 unspecified atom stereocenters. The van der Waals surface area contributed by atoms with E-state index in [4.69, 9.17) is 5.84 Å². The van der Waals surface area contributed by atoms with E-state index in [0.717, 1.165) is 6.20 Å². The van der Waals surface area contributed by atoms with Gasteiger partial charge < -0.3 is 10.2 Å². The third-order valence-corrected chi connectivity index (χ3v) is 1.59. The molecular formula is C7H6F6N4O. The quantitative estimate of drug-likeness (QED) is 0.498. The highest BCUT2D eigenvalue weighted by molar-refractivity contribution is 5.31. The highest BCUT2D eigenvalue weighted by Gasteiger charge is 2.59. The molecule has 1 rings (SSSR count). The van der Waals surface area contributed by atoms with Crippen LogP contribution in [0, 0.1) is 0 Å². The molecular weight excluding hydrogens is 270 g/mol. The second kappa shape index (κ2) is 4.84. The Kier molecular flexibility index (Phi) is 3.84. The van der Waals surface area contributed by atoms with Gasteiger partial charge >= 0.3 is 12.4 Å². The van der Waals surface area contributed by atoms with E-state index in [0.29, 0.717) is 6.20 Å². The summed E-state index contributed by atoms with van der Waals surface area (Å²) in [5.41, 5.74) is 1.90. The molecule has 1 heterocycles. The fourth-order valence-corrected chi connectivity index (χ4v) is 0.914. The minimum atomic E-state index is -5.62. The number of nitrogen functional groups attached to an aromatic ring is 1. The monoisotopic (exact) mass is 276 g/mol. The maximum absolute atomic E-state index is 12.2. The van der Waals surface area contributed by atoms with Crippen LogP contribution in [0.1, 0.15) is 0 Å². The molecule has 0 aliphatic rings. The van der Waals surface area contributed by atoms with Crippen molar-refractivity contribution in [2.45, 2.75) is 18.5 Å². The third kappa shape index (κ3) is 3.61. The van der Waals surface area contributed by atoms with Crippen LogP contribution < -0.4 is 16.0 Å². The van der Waals surface area contributed by atoms with Crippen molar-refractivity contribution in [3.05, 3.63) is 12.4 Å². The summed E-state index contributed by atoms with van der Waals surface area (Å²) in [6.45, 7) is 0. The summed E-state index contributed by atoms with van der Waals surface area (Å²) in [5.74, 6) is 3.67. The van der Waals surface area contributed by atoms with Crippen LogP contribution in [0.15, 0.2) is 12.4 Å². The Hall–Kier alpha value is -1.78. The van der Waals surface area contributed by atoms with Gasteiger partial charge in [0.15, 0.2) is 5.82 Å². The highest BCUT2D eigenvalue weighted by atomic mass is 19.4. The van der Waals surface area contributed by atoms with Gasteiger partial charge in [-0.25, -0.2) is 5.84 Å². The number of rotatable bonds is 3. The molecule has 0 amide bonds. The van der Waals surface area contributed by atoms with Crippen LogP contribution in [-0.2, 0) is 0 Å². The summed E-state index contributed by atoms with van der Waals surface area (Å²) in [6.07, 6.45) is -13.6. The molecule has 0 saturated carbocycles. The Morgan fingerprint density at radius 2 is 1.67 bits per heavy atom. The lowest BCUT2D eigenvalue weighted by Gasteiger charge is -2.23. The van der Waals surface area contributed by atoms with E-state index < -0.39 is 24.3 Å². The van der Waals surface area contributed by atoms with Gasteiger partial charge in [-0.2, -0.15) is 31.3 Å². The predicted octanol–water partition coefficient (Wildman–Crippen LogP) is 1.63. The summed E-state index contributed by atoms with van der Waals surface area (Å²) in [7, 11) is 0. The first-order chi connectivity index (χ1) is 8.14. The fraction of sp³-hybridized carbons (Fsp3) is 0.429. The average Bonchev–Trinajstić information content (AvgIpc) is 2.23. The van der Waals surface area contributed by atoms with Gasteiger partial charge in [0, 0.05) is 0 Å². The number of aromatic nitrogens is 2. The fourth-order valence-electron chi connectivity index (χ4n) is 0.914. The topological polar surface area (TPSA) is 73.1 Å². The van der Waals surface area contributed by atoms with Gasteiger partial charge in [-0.15, -0.1) is 0 Å². The zero-order valence-corrected chi connectivity index (χ0v) is 8.38. The first kappa shape index (κ1) is 14.3. The molecule has 18 heavy (non-hydrogen) atoms. The number of halogens is 6. The van der Waals surface area contributed by atoms with E-state index in [2.05, 4.69) is 14.7 Å². The van der Waals surface area contributed by atoms with Crippen LogP contribution in [0.5, 0.6) is 5.88 Å². The summed E-state index contributed by atoms with van der Waals surface area (Å²) in [4.78, 5) is 6.55. The highest BCUT2D eigenvalue weighted by Crippen LogP contribution is 2.35. The molecule has 0 spiro atoms. The number of nitrogens with zero attached hydrogens (tertiary/aromatic N) is 2. The van der Waals surface area contributed by atoms with Gasteiger partial charge in [-0.1, -0.05) is 0 Å². The van der Waals surface area contributed by atoms with Crippen LogP contribution in [0.2, 0.25) is 0 Å². The zero-order chi connectivity index (χ0) is 14.0. The minimum Gasteiger partial charge on any atom is -0.454 e. The molecule has 1 aromatic heterocycles. The van der Waals surface area contributed by atoms with E-state index in [1.165, 1.54) is 0 Å². The van der Waals surface area contributed by atoms with Crippen molar-refractivity contribution in [2.75, 3.05) is 5.43 Å². The van der Waals surface area contributed by atoms with Gasteiger partial charge in [0.25, 0.3) is 6.10 Å². The van der Waals surface area contributed by atoms with Gasteiger partial charge in [0.05, 0.1) is 12.4 Å². The standard InChI is InChI=1S/C7H6F6N4O/c8-6(9,10)5(7(11,12)13)18-4-2-15-1-3(16-4)17-14/h1-2,5H,14H2,(H,16,17). The number of ether oxygens (including phenoxy) is 1. The van der Waals surface area contributed by atoms with Crippen LogP contribution in [-0.4, -0.2) is 28.4 Å². The maximum atomic E-state index is 12.2. The SMILES string of the molecule is NNc1cncc(OC(C(F)(F)F)C(F)(F)F)n1. The Morgan fingerprint density at radius 3 is 2.11 bits per heavy atom. The van der Waals surface area contributed by atoms with Crippen molar-refractivity contribution >= 4 is 5.82 Å². The largest absolute Gasteiger partial charge is 0.454 e. The predicted molar refractivity (Wildman–Crippen MR) is 46.4 cm³/mol. The second-order valence-corrected chi connectivity index (χ2v) is 2.97. The summed E-state index contributed by atoms with van der Waals surface area (Å²) in [5, 5.41) is 0. The summed E-state index contributed by atoms with van der Waals surface area (Å²) < 4.78 is 76.7. The van der Waals surface area contributed by atoms with Crippen molar-refractivity contribution < 1.29 is 31.1 Å². The molecule has 0 radical (unpaired) electrons. The molecule has 0 aliphatic carbocycles. The minimum absolute atomic E-state index is 0.240. The normalized spacial score (nSPS) is 12.7. The van der Waals surface area contributed by atoms with E-state index in [1.54, 1.807) is 0 Å². The number of hydrogen-bond acceptors (Lipinski definition) is 5. The zero-order valence-electron chi connectivity index (χ0n) is 8.38. The molecule has 0 aromatic carbocycles. The lowest BCUT2D eigenvalue weighted by molar-refractivity contribution is -0.300. The van der Waals surface area contributed by atoms with Crippen LogP contribution in [0.25, 0.3) is 0 Å². The van der Waals surface area contributed by atoms with E-state index >= 15 is 0 Å². The molecule has 1 aromatic rings. The third-order valence-electron chi connectivity index (χ3n) is 1.59. The number of hydrazine groups is 1. The molecule has 0 atom stereocenters. The smallest absolute Gasteiger partial charge is 0.434 e. The van der Waals surface area contributed by atoms with Crippen LogP contribution in [0.4, 0.5) is 32.2 Å². The first-order valence-electron chi connectivity index (χ1n) is 4.23. The molecule has 0 aliphatic heterocycles.